The van der Waals surface area contributed by atoms with Crippen molar-refractivity contribution in [1.29, 1.82) is 0 Å². The molecule has 0 saturated heterocycles. The number of hydrogen-bond donors (Lipinski definition) is 1. The number of allylic oxidation sites excluding steroid dienone is 2. The fourth-order valence-corrected chi connectivity index (χ4v) is 1.94. The highest BCUT2D eigenvalue weighted by Gasteiger charge is 2.10. The van der Waals surface area contributed by atoms with Crippen molar-refractivity contribution in [3.63, 3.8) is 0 Å². The summed E-state index contributed by atoms with van der Waals surface area (Å²) in [6.45, 7) is 6.90. The monoisotopic (exact) mass is 295 g/mol. The lowest BCUT2D eigenvalue weighted by molar-refractivity contribution is -0.146. The first-order chi connectivity index (χ1) is 10.1. The van der Waals surface area contributed by atoms with E-state index in [-0.39, 0.29) is 18.0 Å². The van der Waals surface area contributed by atoms with Gasteiger partial charge in [0.15, 0.2) is 0 Å². The van der Waals surface area contributed by atoms with Crippen LogP contribution in [0.2, 0.25) is 0 Å². The molecule has 0 aliphatic heterocycles. The summed E-state index contributed by atoms with van der Waals surface area (Å²) in [6.07, 6.45) is 13.5. The van der Waals surface area contributed by atoms with Crippen molar-refractivity contribution in [1.82, 2.24) is 5.32 Å². The van der Waals surface area contributed by atoms with Gasteiger partial charge in [0.25, 0.3) is 0 Å². The van der Waals surface area contributed by atoms with Gasteiger partial charge in [0.1, 0.15) is 6.10 Å². The summed E-state index contributed by atoms with van der Waals surface area (Å²) in [5, 5.41) is 2.67. The molecule has 1 N–H and O–H groups in total. The summed E-state index contributed by atoms with van der Waals surface area (Å²) in [5.74, 6) is -0.434. The van der Waals surface area contributed by atoms with Crippen LogP contribution < -0.4 is 5.32 Å². The Kier molecular flexibility index (Phi) is 12.4. The molecule has 0 saturated carbocycles. The number of rotatable bonds is 12. The molecule has 0 aliphatic carbocycles. The first-order valence-electron chi connectivity index (χ1n) is 7.73. The summed E-state index contributed by atoms with van der Waals surface area (Å²) < 4.78 is 5.16. The summed E-state index contributed by atoms with van der Waals surface area (Å²) in [7, 11) is 0. The highest BCUT2D eigenvalue weighted by Crippen LogP contribution is 2.07. The highest BCUT2D eigenvalue weighted by molar-refractivity contribution is 5.72. The van der Waals surface area contributed by atoms with E-state index < -0.39 is 0 Å². The minimum Gasteiger partial charge on any atom is -0.460 e. The number of esters is 1. The van der Waals surface area contributed by atoms with Crippen LogP contribution in [0.3, 0.4) is 0 Å². The number of carbonyl (C=O) groups excluding carboxylic acids is 2. The van der Waals surface area contributed by atoms with Crippen molar-refractivity contribution in [2.45, 2.75) is 64.9 Å². The Hall–Kier alpha value is -1.58. The lowest BCUT2D eigenvalue weighted by atomic mass is 10.1. The van der Waals surface area contributed by atoms with Gasteiger partial charge in [0.05, 0.1) is 6.54 Å². The third-order valence-corrected chi connectivity index (χ3v) is 3.01. The molecule has 0 bridgehead atoms. The van der Waals surface area contributed by atoms with Crippen molar-refractivity contribution in [3.05, 3.63) is 24.8 Å². The van der Waals surface area contributed by atoms with Crippen molar-refractivity contribution < 1.29 is 14.3 Å². The molecule has 0 spiro atoms. The maximum atomic E-state index is 11.0. The van der Waals surface area contributed by atoms with Crippen LogP contribution in [0, 0.1) is 0 Å². The SMILES string of the molecule is C=CCCCCCC/C=C/C[C@@H](CNC(C)=O)OC(C)=O. The van der Waals surface area contributed by atoms with Gasteiger partial charge < -0.3 is 10.1 Å². The quantitative estimate of drug-likeness (QED) is 0.340. The van der Waals surface area contributed by atoms with E-state index in [1.807, 2.05) is 12.2 Å². The van der Waals surface area contributed by atoms with Gasteiger partial charge in [-0.05, 0) is 25.7 Å². The minimum atomic E-state index is -0.319. The van der Waals surface area contributed by atoms with E-state index in [0.29, 0.717) is 13.0 Å². The van der Waals surface area contributed by atoms with Gasteiger partial charge in [0, 0.05) is 20.3 Å². The van der Waals surface area contributed by atoms with Gasteiger partial charge in [0.2, 0.25) is 5.91 Å². The van der Waals surface area contributed by atoms with Crippen molar-refractivity contribution in [3.8, 4) is 0 Å². The van der Waals surface area contributed by atoms with Gasteiger partial charge in [-0.1, -0.05) is 31.1 Å². The smallest absolute Gasteiger partial charge is 0.302 e. The Morgan fingerprint density at radius 2 is 1.76 bits per heavy atom. The number of hydrogen-bond acceptors (Lipinski definition) is 3. The molecule has 21 heavy (non-hydrogen) atoms. The standard InChI is InChI=1S/C17H29NO3/c1-4-5-6-7-8-9-10-11-12-13-17(21-16(3)20)14-18-15(2)19/h4,11-12,17H,1,5-10,13-14H2,2-3H3,(H,18,19)/b12-11+/t17-/m0/s1. The predicted molar refractivity (Wildman–Crippen MR) is 85.9 cm³/mol. The second kappa shape index (κ2) is 13.4. The van der Waals surface area contributed by atoms with Crippen molar-refractivity contribution in [2.75, 3.05) is 6.54 Å². The second-order valence-corrected chi connectivity index (χ2v) is 5.16. The van der Waals surface area contributed by atoms with E-state index >= 15 is 0 Å². The van der Waals surface area contributed by atoms with E-state index in [9.17, 15) is 9.59 Å². The zero-order chi connectivity index (χ0) is 15.9. The summed E-state index contributed by atoms with van der Waals surface area (Å²) >= 11 is 0. The van der Waals surface area contributed by atoms with Crippen LogP contribution in [-0.2, 0) is 14.3 Å². The maximum Gasteiger partial charge on any atom is 0.302 e. The third-order valence-electron chi connectivity index (χ3n) is 3.01. The molecule has 0 unspecified atom stereocenters. The molecule has 0 aromatic heterocycles. The molecule has 1 atom stereocenters. The van der Waals surface area contributed by atoms with Gasteiger partial charge in [-0.2, -0.15) is 0 Å². The summed E-state index contributed by atoms with van der Waals surface area (Å²) in [6, 6.07) is 0. The molecule has 0 heterocycles. The van der Waals surface area contributed by atoms with E-state index in [0.717, 1.165) is 12.8 Å². The minimum absolute atomic E-state index is 0.115. The van der Waals surface area contributed by atoms with Crippen LogP contribution >= 0.6 is 0 Å². The zero-order valence-electron chi connectivity index (χ0n) is 13.4. The maximum absolute atomic E-state index is 11.0. The first-order valence-corrected chi connectivity index (χ1v) is 7.73. The molecule has 1 amide bonds. The molecule has 0 radical (unpaired) electrons. The molecule has 4 nitrogen and oxygen atoms in total. The van der Waals surface area contributed by atoms with Crippen molar-refractivity contribution in [2.24, 2.45) is 0 Å². The van der Waals surface area contributed by atoms with Crippen LogP contribution in [0.15, 0.2) is 24.8 Å². The molecule has 0 aromatic rings. The van der Waals surface area contributed by atoms with Crippen LogP contribution in [0.5, 0.6) is 0 Å². The topological polar surface area (TPSA) is 55.4 Å². The first kappa shape index (κ1) is 19.4. The average Bonchev–Trinajstić information content (AvgIpc) is 2.42. The van der Waals surface area contributed by atoms with Gasteiger partial charge in [-0.15, -0.1) is 6.58 Å². The Morgan fingerprint density at radius 3 is 2.33 bits per heavy atom. The fourth-order valence-electron chi connectivity index (χ4n) is 1.94. The van der Waals surface area contributed by atoms with E-state index in [1.54, 1.807) is 0 Å². The zero-order valence-corrected chi connectivity index (χ0v) is 13.4. The van der Waals surface area contributed by atoms with E-state index in [4.69, 9.17) is 4.74 Å². The van der Waals surface area contributed by atoms with E-state index in [1.165, 1.54) is 39.5 Å². The Morgan fingerprint density at radius 1 is 1.10 bits per heavy atom. The summed E-state index contributed by atoms with van der Waals surface area (Å²) in [4.78, 5) is 21.9. The van der Waals surface area contributed by atoms with Crippen LogP contribution in [0.1, 0.15) is 58.8 Å². The number of ether oxygens (including phenoxy) is 1. The van der Waals surface area contributed by atoms with Gasteiger partial charge in [-0.25, -0.2) is 0 Å². The highest BCUT2D eigenvalue weighted by atomic mass is 16.5. The van der Waals surface area contributed by atoms with E-state index in [2.05, 4.69) is 18.0 Å². The van der Waals surface area contributed by atoms with Crippen LogP contribution in [-0.4, -0.2) is 24.5 Å². The second-order valence-electron chi connectivity index (χ2n) is 5.16. The molecule has 120 valence electrons. The number of amides is 1. The molecular weight excluding hydrogens is 266 g/mol. The fraction of sp³-hybridized carbons (Fsp3) is 0.647. The largest absolute Gasteiger partial charge is 0.460 e. The van der Waals surface area contributed by atoms with Crippen molar-refractivity contribution >= 4 is 11.9 Å². The Balaban J connectivity index is 3.78. The molecule has 0 aliphatic rings. The third kappa shape index (κ3) is 14.6. The Labute approximate surface area is 128 Å². The number of carbonyl (C=O) groups is 2. The summed E-state index contributed by atoms with van der Waals surface area (Å²) in [5.41, 5.74) is 0. The Bertz CT molecular complexity index is 337. The lowest BCUT2D eigenvalue weighted by Crippen LogP contribution is -2.32. The predicted octanol–water partition coefficient (Wildman–Crippen LogP) is 3.53. The number of unbranched alkanes of at least 4 members (excludes halogenated alkanes) is 5. The normalized spacial score (nSPS) is 12.1. The molecular formula is C17H29NO3. The van der Waals surface area contributed by atoms with Crippen LogP contribution in [0.25, 0.3) is 0 Å². The van der Waals surface area contributed by atoms with Gasteiger partial charge >= 0.3 is 5.97 Å². The molecule has 0 aromatic carbocycles. The number of nitrogens with one attached hydrogen (secondary N) is 1. The average molecular weight is 295 g/mol. The van der Waals surface area contributed by atoms with Crippen LogP contribution in [0.4, 0.5) is 0 Å². The molecule has 0 rings (SSSR count). The van der Waals surface area contributed by atoms with Gasteiger partial charge in [-0.3, -0.25) is 9.59 Å². The molecule has 0 fully saturated rings. The molecule has 4 heteroatoms. The lowest BCUT2D eigenvalue weighted by Gasteiger charge is -2.15.